The van der Waals surface area contributed by atoms with Crippen LogP contribution >= 0.6 is 0 Å². The Kier molecular flexibility index (Phi) is 4.57. The number of hydrogen-bond acceptors (Lipinski definition) is 5. The third-order valence-electron chi connectivity index (χ3n) is 4.34. The van der Waals surface area contributed by atoms with Gasteiger partial charge in [0.1, 0.15) is 11.8 Å². The van der Waals surface area contributed by atoms with Gasteiger partial charge in [-0.25, -0.2) is 0 Å². The molecule has 2 aliphatic rings. The summed E-state index contributed by atoms with van der Waals surface area (Å²) in [5, 5.41) is 12.9. The quantitative estimate of drug-likeness (QED) is 0.834. The first-order valence-electron chi connectivity index (χ1n) is 7.71. The van der Waals surface area contributed by atoms with E-state index in [4.69, 9.17) is 4.42 Å². The average Bonchev–Trinajstić information content (AvgIpc) is 3.03. The van der Waals surface area contributed by atoms with Gasteiger partial charge in [-0.05, 0) is 25.0 Å². The molecule has 1 unspecified atom stereocenters. The van der Waals surface area contributed by atoms with Crippen LogP contribution in [-0.2, 0) is 4.79 Å². The minimum atomic E-state index is -0.336. The molecule has 2 N–H and O–H groups in total. The summed E-state index contributed by atoms with van der Waals surface area (Å²) in [5.41, 5.74) is 0. The zero-order valence-corrected chi connectivity index (χ0v) is 12.2. The smallest absolute Gasteiger partial charge is 0.247 e. The fourth-order valence-corrected chi connectivity index (χ4v) is 3.10. The molecule has 21 heavy (non-hydrogen) atoms. The van der Waals surface area contributed by atoms with Gasteiger partial charge in [0.2, 0.25) is 5.91 Å². The van der Waals surface area contributed by atoms with Crippen LogP contribution < -0.4 is 5.32 Å². The van der Waals surface area contributed by atoms with Gasteiger partial charge in [0.25, 0.3) is 0 Å². The first-order chi connectivity index (χ1) is 10.3. The van der Waals surface area contributed by atoms with E-state index in [1.54, 1.807) is 6.26 Å². The molecule has 3 rings (SSSR count). The molecule has 1 amide bonds. The highest BCUT2D eigenvalue weighted by Gasteiger charge is 2.35. The number of hydrogen-bond donors (Lipinski definition) is 2. The molecule has 1 aromatic rings. The normalized spacial score (nSPS) is 23.2. The number of carbonyl (C=O) groups excluding carboxylic acids is 1. The number of aliphatic hydroxyl groups excluding tert-OH is 1. The fourth-order valence-electron chi connectivity index (χ4n) is 3.10. The van der Waals surface area contributed by atoms with Crippen LogP contribution in [0.4, 0.5) is 0 Å². The Balaban J connectivity index is 1.76. The third-order valence-corrected chi connectivity index (χ3v) is 4.34. The number of piperazine rings is 1. The fraction of sp³-hybridized carbons (Fsp3) is 0.667. The molecule has 2 aliphatic heterocycles. The second kappa shape index (κ2) is 6.60. The van der Waals surface area contributed by atoms with Crippen molar-refractivity contribution in [3.8, 4) is 0 Å². The number of nitrogens with one attached hydrogen (secondary N) is 1. The molecule has 0 bridgehead atoms. The highest BCUT2D eigenvalue weighted by atomic mass is 16.3. The highest BCUT2D eigenvalue weighted by molar-refractivity contribution is 5.82. The molecular formula is C15H23N3O3. The summed E-state index contributed by atoms with van der Waals surface area (Å²) < 4.78 is 5.52. The summed E-state index contributed by atoms with van der Waals surface area (Å²) in [6.45, 7) is 4.72. The number of piperidine rings is 1. The molecule has 116 valence electrons. The predicted molar refractivity (Wildman–Crippen MR) is 77.7 cm³/mol. The first-order valence-corrected chi connectivity index (χ1v) is 7.71. The van der Waals surface area contributed by atoms with Crippen LogP contribution in [-0.4, -0.2) is 66.2 Å². The van der Waals surface area contributed by atoms with Gasteiger partial charge >= 0.3 is 0 Å². The van der Waals surface area contributed by atoms with Gasteiger partial charge < -0.3 is 19.7 Å². The van der Waals surface area contributed by atoms with Crippen molar-refractivity contribution >= 4 is 5.91 Å². The van der Waals surface area contributed by atoms with E-state index in [-0.39, 0.29) is 18.1 Å². The summed E-state index contributed by atoms with van der Waals surface area (Å²) in [4.78, 5) is 17.0. The third kappa shape index (κ3) is 3.28. The Labute approximate surface area is 124 Å². The van der Waals surface area contributed by atoms with Gasteiger partial charge in [0, 0.05) is 39.3 Å². The van der Waals surface area contributed by atoms with Crippen molar-refractivity contribution in [1.29, 1.82) is 0 Å². The first kappa shape index (κ1) is 14.6. The van der Waals surface area contributed by atoms with E-state index >= 15 is 0 Å². The summed E-state index contributed by atoms with van der Waals surface area (Å²) in [7, 11) is 0. The largest absolute Gasteiger partial charge is 0.467 e. The van der Waals surface area contributed by atoms with Gasteiger partial charge in [-0.3, -0.25) is 9.69 Å². The molecule has 0 saturated carbocycles. The summed E-state index contributed by atoms with van der Waals surface area (Å²) in [6.07, 6.45) is 2.68. The average molecular weight is 293 g/mol. The van der Waals surface area contributed by atoms with E-state index in [2.05, 4.69) is 10.2 Å². The maximum atomic E-state index is 12.9. The molecule has 0 aromatic carbocycles. The summed E-state index contributed by atoms with van der Waals surface area (Å²) >= 11 is 0. The lowest BCUT2D eigenvalue weighted by molar-refractivity contribution is -0.140. The van der Waals surface area contributed by atoms with E-state index in [9.17, 15) is 9.90 Å². The van der Waals surface area contributed by atoms with Gasteiger partial charge in [-0.15, -0.1) is 0 Å². The van der Waals surface area contributed by atoms with Crippen molar-refractivity contribution in [2.75, 3.05) is 39.3 Å². The number of carbonyl (C=O) groups is 1. The van der Waals surface area contributed by atoms with Gasteiger partial charge in [-0.2, -0.15) is 0 Å². The molecular weight excluding hydrogens is 270 g/mol. The Morgan fingerprint density at radius 3 is 2.62 bits per heavy atom. The Hall–Kier alpha value is -1.37. The standard InChI is InChI=1S/C15H23N3O3/c19-12-3-7-18(8-4-12)15(20)14(13-2-1-11-21-13)17-9-5-16-6-10-17/h1-2,11-12,14,16,19H,3-10H2. The zero-order chi connectivity index (χ0) is 14.7. The summed E-state index contributed by atoms with van der Waals surface area (Å²) in [6, 6.07) is 3.37. The second-order valence-corrected chi connectivity index (χ2v) is 5.76. The Morgan fingerprint density at radius 1 is 1.29 bits per heavy atom. The predicted octanol–water partition coefficient (Wildman–Crippen LogP) is 0.209. The molecule has 1 aromatic heterocycles. The van der Waals surface area contributed by atoms with E-state index < -0.39 is 0 Å². The van der Waals surface area contributed by atoms with Crippen molar-refractivity contribution in [2.45, 2.75) is 25.0 Å². The number of aliphatic hydroxyl groups is 1. The number of likely N-dealkylation sites (tertiary alicyclic amines) is 1. The van der Waals surface area contributed by atoms with Gasteiger partial charge in [-0.1, -0.05) is 0 Å². The maximum absolute atomic E-state index is 12.9. The van der Waals surface area contributed by atoms with Crippen LogP contribution in [0.2, 0.25) is 0 Å². The monoisotopic (exact) mass is 293 g/mol. The second-order valence-electron chi connectivity index (χ2n) is 5.76. The molecule has 3 heterocycles. The summed E-state index contributed by atoms with van der Waals surface area (Å²) in [5.74, 6) is 0.812. The van der Waals surface area contributed by atoms with E-state index in [1.807, 2.05) is 17.0 Å². The number of amides is 1. The lowest BCUT2D eigenvalue weighted by Crippen LogP contribution is -2.51. The van der Waals surface area contributed by atoms with Gasteiger partial charge in [0.05, 0.1) is 12.4 Å². The number of rotatable bonds is 3. The minimum absolute atomic E-state index is 0.0961. The lowest BCUT2D eigenvalue weighted by Gasteiger charge is -2.37. The van der Waals surface area contributed by atoms with Crippen LogP contribution in [0, 0.1) is 0 Å². The molecule has 6 heteroatoms. The lowest BCUT2D eigenvalue weighted by atomic mass is 10.0. The molecule has 2 saturated heterocycles. The molecule has 1 atom stereocenters. The number of furan rings is 1. The van der Waals surface area contributed by atoms with Gasteiger partial charge in [0.15, 0.2) is 0 Å². The zero-order valence-electron chi connectivity index (χ0n) is 12.2. The van der Waals surface area contributed by atoms with E-state index in [0.717, 1.165) is 26.2 Å². The Morgan fingerprint density at radius 2 is 2.00 bits per heavy atom. The molecule has 6 nitrogen and oxygen atoms in total. The van der Waals surface area contributed by atoms with E-state index in [0.29, 0.717) is 31.7 Å². The van der Waals surface area contributed by atoms with Crippen LogP contribution in [0.5, 0.6) is 0 Å². The van der Waals surface area contributed by atoms with Crippen LogP contribution in [0.1, 0.15) is 24.6 Å². The van der Waals surface area contributed by atoms with Crippen molar-refractivity contribution < 1.29 is 14.3 Å². The minimum Gasteiger partial charge on any atom is -0.467 e. The van der Waals surface area contributed by atoms with E-state index in [1.165, 1.54) is 0 Å². The van der Waals surface area contributed by atoms with Crippen LogP contribution in [0.25, 0.3) is 0 Å². The molecule has 0 radical (unpaired) electrons. The maximum Gasteiger partial charge on any atom is 0.247 e. The molecule has 2 fully saturated rings. The van der Waals surface area contributed by atoms with Crippen molar-refractivity contribution in [1.82, 2.24) is 15.1 Å². The van der Waals surface area contributed by atoms with Crippen molar-refractivity contribution in [2.24, 2.45) is 0 Å². The van der Waals surface area contributed by atoms with Crippen molar-refractivity contribution in [3.63, 3.8) is 0 Å². The van der Waals surface area contributed by atoms with Crippen LogP contribution in [0.3, 0.4) is 0 Å². The number of nitrogens with zero attached hydrogens (tertiary/aromatic N) is 2. The molecule has 0 aliphatic carbocycles. The Bertz CT molecular complexity index is 449. The molecule has 0 spiro atoms. The SMILES string of the molecule is O=C(C(c1ccco1)N1CCNCC1)N1CCC(O)CC1. The van der Waals surface area contributed by atoms with Crippen molar-refractivity contribution in [3.05, 3.63) is 24.2 Å². The topological polar surface area (TPSA) is 69.0 Å². The highest BCUT2D eigenvalue weighted by Crippen LogP contribution is 2.25. The van der Waals surface area contributed by atoms with Crippen LogP contribution in [0.15, 0.2) is 22.8 Å².